The summed E-state index contributed by atoms with van der Waals surface area (Å²) in [6, 6.07) is 1.31. The van der Waals surface area contributed by atoms with Crippen LogP contribution in [-0.2, 0) is 20.8 Å². The van der Waals surface area contributed by atoms with E-state index in [2.05, 4.69) is 10.2 Å². The first-order valence-electron chi connectivity index (χ1n) is 6.98. The fourth-order valence-electron chi connectivity index (χ4n) is 2.50. The first-order chi connectivity index (χ1) is 11.6. The van der Waals surface area contributed by atoms with Crippen LogP contribution in [0.2, 0.25) is 10.2 Å². The van der Waals surface area contributed by atoms with Crippen LogP contribution in [-0.4, -0.2) is 43.9 Å². The molecule has 2 rings (SSSR count). The Bertz CT molecular complexity index is 905. The molecule has 2 aromatic rings. The van der Waals surface area contributed by atoms with E-state index in [1.807, 2.05) is 0 Å². The molecular formula is C15H12Cl2N2O6. The number of rotatable bonds is 7. The van der Waals surface area contributed by atoms with Gasteiger partial charge in [-0.1, -0.05) is 23.2 Å². The number of H-pyrrole nitrogens is 1. The minimum atomic E-state index is -1.35. The van der Waals surface area contributed by atoms with Gasteiger partial charge in [-0.15, -0.1) is 0 Å². The predicted octanol–water partition coefficient (Wildman–Crippen LogP) is 2.36. The highest BCUT2D eigenvalue weighted by Gasteiger charge is 2.28. The minimum absolute atomic E-state index is 0.101. The number of aromatic amines is 1. The molecule has 0 amide bonds. The highest BCUT2D eigenvalue weighted by atomic mass is 35.5. The first-order valence-corrected chi connectivity index (χ1v) is 7.73. The van der Waals surface area contributed by atoms with Crippen molar-refractivity contribution in [1.29, 1.82) is 0 Å². The molecule has 25 heavy (non-hydrogen) atoms. The number of Topliss-reactive ketones (excluding diaryl/α,β-unsaturated/α-hetero) is 2. The van der Waals surface area contributed by atoms with Crippen LogP contribution in [0.15, 0.2) is 6.07 Å². The van der Waals surface area contributed by atoms with Crippen molar-refractivity contribution in [3.8, 4) is 0 Å². The number of fused-ring (bicyclic) bond motifs is 1. The molecule has 1 aromatic heterocycles. The van der Waals surface area contributed by atoms with Gasteiger partial charge in [0.2, 0.25) is 5.78 Å². The van der Waals surface area contributed by atoms with Crippen LogP contribution in [0.25, 0.3) is 10.9 Å². The van der Waals surface area contributed by atoms with E-state index in [1.165, 1.54) is 6.07 Å². The Balaban J connectivity index is 2.69. The largest absolute Gasteiger partial charge is 0.481 e. The standard InChI is InChI=1S/C15H12Cl2N2O6/c1-5(20)13(23)10-6(2-7(15(24)25)4-9(21)22)3-8(16)12-11(10)14(17)19-18-12/h3,7H,2,4H2,1H3,(H,18,19)(H,21,22)(H,24,25). The third-order valence-corrected chi connectivity index (χ3v) is 4.19. The van der Waals surface area contributed by atoms with Crippen LogP contribution in [0.3, 0.4) is 0 Å². The Hall–Kier alpha value is -2.45. The Morgan fingerprint density at radius 1 is 1.24 bits per heavy atom. The molecule has 10 heteroatoms. The molecule has 0 saturated carbocycles. The fraction of sp³-hybridized carbons (Fsp3) is 0.267. The summed E-state index contributed by atoms with van der Waals surface area (Å²) in [6.07, 6.45) is -0.967. The molecule has 8 nitrogen and oxygen atoms in total. The van der Waals surface area contributed by atoms with E-state index in [0.717, 1.165) is 6.92 Å². The van der Waals surface area contributed by atoms with E-state index in [0.29, 0.717) is 0 Å². The van der Waals surface area contributed by atoms with E-state index in [4.69, 9.17) is 28.3 Å². The predicted molar refractivity (Wildman–Crippen MR) is 88.2 cm³/mol. The zero-order valence-electron chi connectivity index (χ0n) is 12.8. The Kier molecular flexibility index (Phi) is 5.44. The SMILES string of the molecule is CC(=O)C(=O)c1c(CC(CC(=O)O)C(=O)O)cc(Cl)c2[nH]nc(Cl)c12. The molecule has 0 fully saturated rings. The van der Waals surface area contributed by atoms with Gasteiger partial charge in [-0.3, -0.25) is 24.3 Å². The molecule has 3 N–H and O–H groups in total. The summed E-state index contributed by atoms with van der Waals surface area (Å²) < 4.78 is 0. The van der Waals surface area contributed by atoms with E-state index in [-0.39, 0.29) is 38.6 Å². The van der Waals surface area contributed by atoms with Crippen LogP contribution in [0.5, 0.6) is 0 Å². The lowest BCUT2D eigenvalue weighted by Crippen LogP contribution is -2.22. The van der Waals surface area contributed by atoms with E-state index >= 15 is 0 Å². The number of carbonyl (C=O) groups is 4. The lowest BCUT2D eigenvalue weighted by Gasteiger charge is -2.14. The fourth-order valence-corrected chi connectivity index (χ4v) is 3.00. The Labute approximate surface area is 150 Å². The number of benzene rings is 1. The monoisotopic (exact) mass is 386 g/mol. The number of aliphatic carboxylic acids is 2. The van der Waals surface area contributed by atoms with Crippen LogP contribution in [0.1, 0.15) is 29.3 Å². The van der Waals surface area contributed by atoms with Crippen molar-refractivity contribution < 1.29 is 29.4 Å². The van der Waals surface area contributed by atoms with Crippen molar-refractivity contribution in [1.82, 2.24) is 10.2 Å². The zero-order chi connectivity index (χ0) is 18.9. The van der Waals surface area contributed by atoms with E-state index in [9.17, 15) is 24.3 Å². The molecule has 1 aromatic carbocycles. The van der Waals surface area contributed by atoms with Gasteiger partial charge >= 0.3 is 11.9 Å². The third kappa shape index (κ3) is 3.80. The summed E-state index contributed by atoms with van der Waals surface area (Å²) in [4.78, 5) is 46.2. The zero-order valence-corrected chi connectivity index (χ0v) is 14.3. The van der Waals surface area contributed by atoms with Gasteiger partial charge in [-0.05, 0) is 18.1 Å². The Morgan fingerprint density at radius 2 is 1.88 bits per heavy atom. The molecule has 1 atom stereocenters. The van der Waals surface area contributed by atoms with Gasteiger partial charge < -0.3 is 10.2 Å². The summed E-state index contributed by atoms with van der Waals surface area (Å²) in [6.45, 7) is 1.06. The number of hydrogen-bond acceptors (Lipinski definition) is 5. The number of carboxylic acid groups (broad SMARTS) is 2. The summed E-state index contributed by atoms with van der Waals surface area (Å²) in [5.74, 6) is -5.64. The summed E-state index contributed by atoms with van der Waals surface area (Å²) >= 11 is 12.1. The Morgan fingerprint density at radius 3 is 2.40 bits per heavy atom. The van der Waals surface area contributed by atoms with Crippen molar-refractivity contribution in [2.45, 2.75) is 19.8 Å². The van der Waals surface area contributed by atoms with Gasteiger partial charge in [0.15, 0.2) is 10.9 Å². The topological polar surface area (TPSA) is 137 Å². The van der Waals surface area contributed by atoms with Gasteiger partial charge in [0, 0.05) is 12.5 Å². The molecule has 0 bridgehead atoms. The van der Waals surface area contributed by atoms with E-state index < -0.39 is 35.8 Å². The second-order valence-electron chi connectivity index (χ2n) is 5.38. The van der Waals surface area contributed by atoms with Crippen LogP contribution >= 0.6 is 23.2 Å². The van der Waals surface area contributed by atoms with Gasteiger partial charge in [-0.25, -0.2) is 0 Å². The first kappa shape index (κ1) is 18.9. The maximum atomic E-state index is 12.4. The molecule has 1 unspecified atom stereocenters. The number of ketones is 2. The normalized spacial score (nSPS) is 12.1. The van der Waals surface area contributed by atoms with Crippen molar-refractivity contribution in [2.24, 2.45) is 5.92 Å². The molecule has 1 heterocycles. The van der Waals surface area contributed by atoms with Gasteiger partial charge in [-0.2, -0.15) is 5.10 Å². The van der Waals surface area contributed by atoms with Crippen LogP contribution < -0.4 is 0 Å². The third-order valence-electron chi connectivity index (χ3n) is 3.62. The lowest BCUT2D eigenvalue weighted by atomic mass is 9.89. The number of aromatic nitrogens is 2. The van der Waals surface area contributed by atoms with Gasteiger partial charge in [0.1, 0.15) is 0 Å². The summed E-state index contributed by atoms with van der Waals surface area (Å²) in [5, 5.41) is 24.5. The average Bonchev–Trinajstić information content (AvgIpc) is 2.88. The lowest BCUT2D eigenvalue weighted by molar-refractivity contribution is -0.148. The second-order valence-corrected chi connectivity index (χ2v) is 6.14. The van der Waals surface area contributed by atoms with Gasteiger partial charge in [0.25, 0.3) is 0 Å². The highest BCUT2D eigenvalue weighted by molar-refractivity contribution is 6.48. The van der Waals surface area contributed by atoms with Crippen molar-refractivity contribution in [3.05, 3.63) is 27.4 Å². The molecule has 0 saturated heterocycles. The van der Waals surface area contributed by atoms with Crippen LogP contribution in [0, 0.1) is 5.92 Å². The summed E-state index contributed by atoms with van der Waals surface area (Å²) in [7, 11) is 0. The minimum Gasteiger partial charge on any atom is -0.481 e. The quantitative estimate of drug-likeness (QED) is 0.490. The smallest absolute Gasteiger partial charge is 0.307 e. The van der Waals surface area contributed by atoms with Crippen molar-refractivity contribution in [3.63, 3.8) is 0 Å². The number of carbonyl (C=O) groups excluding carboxylic acids is 2. The number of nitrogens with one attached hydrogen (secondary N) is 1. The number of hydrogen-bond donors (Lipinski definition) is 3. The molecule has 132 valence electrons. The second kappa shape index (κ2) is 7.20. The maximum absolute atomic E-state index is 12.4. The number of carboxylic acids is 2. The molecule has 0 aliphatic carbocycles. The number of nitrogens with zero attached hydrogens (tertiary/aromatic N) is 1. The van der Waals surface area contributed by atoms with Gasteiger partial charge in [0.05, 0.1) is 28.3 Å². The highest BCUT2D eigenvalue weighted by Crippen LogP contribution is 2.34. The molecule has 0 aliphatic rings. The molecular weight excluding hydrogens is 375 g/mol. The van der Waals surface area contributed by atoms with Crippen LogP contribution in [0.4, 0.5) is 0 Å². The maximum Gasteiger partial charge on any atom is 0.307 e. The summed E-state index contributed by atoms with van der Waals surface area (Å²) in [5.41, 5.74) is 0.224. The van der Waals surface area contributed by atoms with E-state index in [1.54, 1.807) is 0 Å². The molecule has 0 aliphatic heterocycles. The van der Waals surface area contributed by atoms with Crippen molar-refractivity contribution in [2.75, 3.05) is 0 Å². The average molecular weight is 387 g/mol. The van der Waals surface area contributed by atoms with Crippen molar-refractivity contribution >= 4 is 57.6 Å². The number of halogens is 2. The molecule has 0 spiro atoms. The molecule has 0 radical (unpaired) electrons.